The number of nitrogens with one attached hydrogen (secondary N) is 2. The summed E-state index contributed by atoms with van der Waals surface area (Å²) < 4.78 is 5.07. The number of methoxy groups -OCH3 is 1. The van der Waals surface area contributed by atoms with Gasteiger partial charge in [-0.3, -0.25) is 9.59 Å². The van der Waals surface area contributed by atoms with Gasteiger partial charge in [0.2, 0.25) is 10.9 Å². The van der Waals surface area contributed by atoms with Crippen molar-refractivity contribution in [2.45, 2.75) is 39.2 Å². The third-order valence-electron chi connectivity index (χ3n) is 3.59. The third-order valence-corrected chi connectivity index (χ3v) is 4.58. The van der Waals surface area contributed by atoms with Gasteiger partial charge in [-0.2, -0.15) is 0 Å². The molecule has 0 saturated heterocycles. The molecule has 8 heteroatoms. The summed E-state index contributed by atoms with van der Waals surface area (Å²) >= 11 is 1.20. The summed E-state index contributed by atoms with van der Waals surface area (Å²) in [6, 6.07) is 7.18. The summed E-state index contributed by atoms with van der Waals surface area (Å²) in [6.45, 7) is 3.98. The number of carbonyl (C=O) groups is 2. The van der Waals surface area contributed by atoms with Crippen molar-refractivity contribution in [1.82, 2.24) is 15.5 Å². The Morgan fingerprint density at radius 2 is 1.96 bits per heavy atom. The number of hydrogen-bond donors (Lipinski definition) is 2. The lowest BCUT2D eigenvalue weighted by molar-refractivity contribution is -0.121. The molecule has 0 radical (unpaired) electrons. The molecule has 0 aliphatic carbocycles. The van der Waals surface area contributed by atoms with E-state index >= 15 is 0 Å². The van der Waals surface area contributed by atoms with Crippen molar-refractivity contribution in [2.24, 2.45) is 0 Å². The normalized spacial score (nSPS) is 11.6. The molecule has 0 aliphatic heterocycles. The molecule has 1 aromatic carbocycles. The van der Waals surface area contributed by atoms with E-state index in [4.69, 9.17) is 4.74 Å². The van der Waals surface area contributed by atoms with Gasteiger partial charge >= 0.3 is 0 Å². The zero-order chi connectivity index (χ0) is 18.2. The largest absolute Gasteiger partial charge is 0.497 e. The molecule has 1 heterocycles. The molecule has 2 amide bonds. The minimum Gasteiger partial charge on any atom is -0.497 e. The molecule has 1 atom stereocenters. The Morgan fingerprint density at radius 3 is 2.60 bits per heavy atom. The van der Waals surface area contributed by atoms with Crippen LogP contribution in [0.2, 0.25) is 0 Å². The molecule has 2 rings (SSSR count). The maximum Gasteiger partial charge on any atom is 0.286 e. The van der Waals surface area contributed by atoms with Gasteiger partial charge in [0.25, 0.3) is 5.91 Å². The van der Waals surface area contributed by atoms with Crippen LogP contribution >= 0.6 is 11.3 Å². The molecule has 7 nitrogen and oxygen atoms in total. The summed E-state index contributed by atoms with van der Waals surface area (Å²) in [5.41, 5.74) is 0.649. The maximum atomic E-state index is 12.2. The van der Waals surface area contributed by atoms with Crippen LogP contribution in [0.5, 0.6) is 5.75 Å². The highest BCUT2D eigenvalue weighted by Gasteiger charge is 2.14. The van der Waals surface area contributed by atoms with Crippen molar-refractivity contribution in [1.29, 1.82) is 0 Å². The Morgan fingerprint density at radius 1 is 1.24 bits per heavy atom. The molecule has 2 N–H and O–H groups in total. The van der Waals surface area contributed by atoms with Gasteiger partial charge in [0.15, 0.2) is 0 Å². The summed E-state index contributed by atoms with van der Waals surface area (Å²) in [5, 5.41) is 14.5. The van der Waals surface area contributed by atoms with Crippen LogP contribution in [0.4, 0.5) is 5.69 Å². The molecule has 25 heavy (non-hydrogen) atoms. The lowest BCUT2D eigenvalue weighted by Crippen LogP contribution is -2.31. The van der Waals surface area contributed by atoms with Crippen LogP contribution in [0, 0.1) is 0 Å². The molecular weight excluding hydrogens is 340 g/mol. The Bertz CT molecular complexity index is 715. The predicted molar refractivity (Wildman–Crippen MR) is 97.1 cm³/mol. The molecule has 0 unspecified atom stereocenters. The third kappa shape index (κ3) is 5.82. The van der Waals surface area contributed by atoms with Gasteiger partial charge in [0.05, 0.1) is 7.11 Å². The number of carbonyl (C=O) groups excluding carboxylic acids is 2. The van der Waals surface area contributed by atoms with Crippen LogP contribution < -0.4 is 15.4 Å². The minimum atomic E-state index is -0.321. The lowest BCUT2D eigenvalue weighted by atomic mass is 10.2. The minimum absolute atomic E-state index is 0.0196. The average molecular weight is 362 g/mol. The summed E-state index contributed by atoms with van der Waals surface area (Å²) in [4.78, 5) is 24.0. The molecule has 2 aromatic rings. The Labute approximate surface area is 150 Å². The molecular formula is C17H22N4O3S. The second-order valence-corrected chi connectivity index (χ2v) is 6.62. The molecule has 1 aromatic heterocycles. The zero-order valence-corrected chi connectivity index (χ0v) is 15.4. The van der Waals surface area contributed by atoms with Crippen molar-refractivity contribution in [2.75, 3.05) is 12.4 Å². The number of hydrogen-bond acceptors (Lipinski definition) is 6. The SMILES string of the molecule is CC[C@@H](C)NC(=O)CCc1nnc(C(=O)Nc2ccc(OC)cc2)s1. The van der Waals surface area contributed by atoms with Crippen LogP contribution in [-0.2, 0) is 11.2 Å². The van der Waals surface area contributed by atoms with Gasteiger partial charge < -0.3 is 15.4 Å². The first-order chi connectivity index (χ1) is 12.0. The van der Waals surface area contributed by atoms with Gasteiger partial charge in [-0.1, -0.05) is 18.3 Å². The number of benzene rings is 1. The molecule has 0 fully saturated rings. The summed E-state index contributed by atoms with van der Waals surface area (Å²) in [5.74, 6) is 0.374. The summed E-state index contributed by atoms with van der Waals surface area (Å²) in [7, 11) is 1.58. The van der Waals surface area contributed by atoms with Gasteiger partial charge in [-0.05, 0) is 37.6 Å². The van der Waals surface area contributed by atoms with E-state index in [0.717, 1.165) is 6.42 Å². The zero-order valence-electron chi connectivity index (χ0n) is 14.5. The number of rotatable bonds is 8. The summed E-state index contributed by atoms with van der Waals surface area (Å²) in [6.07, 6.45) is 1.69. The number of nitrogens with zero attached hydrogens (tertiary/aromatic N) is 2. The molecule has 0 spiro atoms. The highest BCUT2D eigenvalue weighted by atomic mass is 32.1. The fraction of sp³-hybridized carbons (Fsp3) is 0.412. The second kappa shape index (κ2) is 9.12. The van der Waals surface area contributed by atoms with Crippen LogP contribution in [0.1, 0.15) is 41.5 Å². The molecule has 134 valence electrons. The van der Waals surface area contributed by atoms with E-state index in [1.165, 1.54) is 11.3 Å². The van der Waals surface area contributed by atoms with Gasteiger partial charge in [-0.15, -0.1) is 10.2 Å². The highest BCUT2D eigenvalue weighted by Crippen LogP contribution is 2.17. The monoisotopic (exact) mass is 362 g/mol. The number of anilines is 1. The predicted octanol–water partition coefficient (Wildman–Crippen LogP) is 2.65. The first kappa shape index (κ1) is 18.9. The van der Waals surface area contributed by atoms with Crippen LogP contribution in [0.15, 0.2) is 24.3 Å². The average Bonchev–Trinajstić information content (AvgIpc) is 3.09. The van der Waals surface area contributed by atoms with E-state index in [1.807, 2.05) is 13.8 Å². The van der Waals surface area contributed by atoms with Crippen molar-refractivity contribution >= 4 is 28.8 Å². The van der Waals surface area contributed by atoms with Crippen LogP contribution in [0.25, 0.3) is 0 Å². The topological polar surface area (TPSA) is 93.2 Å². The van der Waals surface area contributed by atoms with E-state index in [0.29, 0.717) is 29.3 Å². The van der Waals surface area contributed by atoms with Crippen LogP contribution in [0.3, 0.4) is 0 Å². The number of amides is 2. The number of aromatic nitrogens is 2. The smallest absolute Gasteiger partial charge is 0.286 e. The van der Waals surface area contributed by atoms with E-state index in [2.05, 4.69) is 20.8 Å². The fourth-order valence-electron chi connectivity index (χ4n) is 1.97. The Balaban J connectivity index is 1.86. The molecule has 0 saturated carbocycles. The Kier molecular flexibility index (Phi) is 6.88. The van der Waals surface area contributed by atoms with Crippen molar-refractivity contribution in [3.05, 3.63) is 34.3 Å². The molecule has 0 bridgehead atoms. The Hall–Kier alpha value is -2.48. The standard InChI is InChI=1S/C17H22N4O3S/c1-4-11(2)18-14(22)9-10-15-20-21-17(25-15)16(23)19-12-5-7-13(24-3)8-6-12/h5-8,11H,4,9-10H2,1-3H3,(H,18,22)(H,19,23)/t11-/m1/s1. The van der Waals surface area contributed by atoms with Gasteiger partial charge in [0.1, 0.15) is 10.8 Å². The maximum absolute atomic E-state index is 12.2. The van der Waals surface area contributed by atoms with E-state index < -0.39 is 0 Å². The van der Waals surface area contributed by atoms with E-state index in [9.17, 15) is 9.59 Å². The van der Waals surface area contributed by atoms with Crippen molar-refractivity contribution in [3.63, 3.8) is 0 Å². The highest BCUT2D eigenvalue weighted by molar-refractivity contribution is 7.13. The van der Waals surface area contributed by atoms with Crippen molar-refractivity contribution < 1.29 is 14.3 Å². The molecule has 0 aliphatic rings. The van der Waals surface area contributed by atoms with E-state index in [-0.39, 0.29) is 22.9 Å². The fourth-order valence-corrected chi connectivity index (χ4v) is 2.71. The number of ether oxygens (including phenoxy) is 1. The van der Waals surface area contributed by atoms with Crippen molar-refractivity contribution in [3.8, 4) is 5.75 Å². The second-order valence-electron chi connectivity index (χ2n) is 5.56. The first-order valence-corrected chi connectivity index (χ1v) is 8.90. The van der Waals surface area contributed by atoms with Gasteiger partial charge in [-0.25, -0.2) is 0 Å². The number of aryl methyl sites for hydroxylation is 1. The van der Waals surface area contributed by atoms with E-state index in [1.54, 1.807) is 31.4 Å². The van der Waals surface area contributed by atoms with Gasteiger partial charge in [0, 0.05) is 24.6 Å². The quantitative estimate of drug-likeness (QED) is 0.753. The lowest BCUT2D eigenvalue weighted by Gasteiger charge is -2.10. The first-order valence-electron chi connectivity index (χ1n) is 8.09. The van der Waals surface area contributed by atoms with Crippen LogP contribution in [-0.4, -0.2) is 35.2 Å².